The molecule has 10 heteroatoms. The first-order valence-corrected chi connectivity index (χ1v) is 11.4. The van der Waals surface area contributed by atoms with E-state index in [-0.39, 0.29) is 24.7 Å². The van der Waals surface area contributed by atoms with Gasteiger partial charge < -0.3 is 25.6 Å². The fourth-order valence-electron chi connectivity index (χ4n) is 3.71. The summed E-state index contributed by atoms with van der Waals surface area (Å²) in [5.74, 6) is 0.793. The van der Waals surface area contributed by atoms with Crippen molar-refractivity contribution in [2.75, 3.05) is 30.9 Å². The Morgan fingerprint density at radius 1 is 1.26 bits per heavy atom. The van der Waals surface area contributed by atoms with Crippen molar-refractivity contribution in [2.24, 2.45) is 5.92 Å². The molecule has 166 valence electrons. The van der Waals surface area contributed by atoms with Gasteiger partial charge >= 0.3 is 0 Å². The van der Waals surface area contributed by atoms with E-state index in [0.29, 0.717) is 41.9 Å². The molecule has 4 N–H and O–H groups in total. The molecule has 3 aromatic rings. The maximum Gasteiger partial charge on any atom is 0.226 e. The molecule has 0 amide bonds. The number of hydrogen-bond acceptors (Lipinski definition) is 9. The molecule has 0 radical (unpaired) electrons. The predicted molar refractivity (Wildman–Crippen MR) is 124 cm³/mol. The number of thiazole rings is 1. The Morgan fingerprint density at radius 3 is 2.77 bits per heavy atom. The third-order valence-electron chi connectivity index (χ3n) is 5.56. The van der Waals surface area contributed by atoms with Crippen molar-refractivity contribution in [3.63, 3.8) is 0 Å². The number of para-hydroxylation sites is 1. The molecule has 31 heavy (non-hydrogen) atoms. The average Bonchev–Trinajstić information content (AvgIpc) is 3.34. The van der Waals surface area contributed by atoms with E-state index in [9.17, 15) is 10.2 Å². The van der Waals surface area contributed by atoms with E-state index in [4.69, 9.17) is 21.3 Å². The molecular formula is C21H26ClN5O3S. The van der Waals surface area contributed by atoms with Crippen molar-refractivity contribution in [1.82, 2.24) is 15.0 Å². The third kappa shape index (κ3) is 4.91. The number of hydrogen-bond donors (Lipinski definition) is 4. The molecule has 0 bridgehead atoms. The summed E-state index contributed by atoms with van der Waals surface area (Å²) < 4.78 is 6.32. The highest BCUT2D eigenvalue weighted by Gasteiger charge is 2.33. The minimum Gasteiger partial charge on any atom is -0.396 e. The summed E-state index contributed by atoms with van der Waals surface area (Å²) in [6, 6.07) is 7.84. The molecule has 0 saturated heterocycles. The number of anilines is 2. The van der Waals surface area contributed by atoms with Gasteiger partial charge in [-0.2, -0.15) is 4.98 Å². The molecule has 1 aliphatic rings. The van der Waals surface area contributed by atoms with Crippen LogP contribution in [0, 0.1) is 5.92 Å². The summed E-state index contributed by atoms with van der Waals surface area (Å²) in [6.45, 7) is 2.43. The Hall–Kier alpha value is -2.04. The van der Waals surface area contributed by atoms with Crippen LogP contribution in [0.25, 0.3) is 20.8 Å². The number of nitrogens with zero attached hydrogens (tertiary/aromatic N) is 3. The quantitative estimate of drug-likeness (QED) is 0.376. The molecule has 4 atom stereocenters. The first kappa shape index (κ1) is 22.2. The summed E-state index contributed by atoms with van der Waals surface area (Å²) in [4.78, 5) is 13.8. The minimum atomic E-state index is -0.550. The molecule has 1 fully saturated rings. The topological polar surface area (TPSA) is 112 Å². The molecule has 2 heterocycles. The Kier molecular flexibility index (Phi) is 6.88. The number of rotatable bonds is 8. The van der Waals surface area contributed by atoms with Gasteiger partial charge in [-0.25, -0.2) is 9.97 Å². The van der Waals surface area contributed by atoms with E-state index < -0.39 is 6.10 Å². The van der Waals surface area contributed by atoms with Crippen LogP contribution < -0.4 is 10.6 Å². The predicted octanol–water partition coefficient (Wildman–Crippen LogP) is 3.40. The second-order valence-electron chi connectivity index (χ2n) is 7.80. The molecule has 0 aliphatic heterocycles. The zero-order valence-corrected chi connectivity index (χ0v) is 19.0. The van der Waals surface area contributed by atoms with Crippen molar-refractivity contribution < 1.29 is 14.9 Å². The Labute approximate surface area is 189 Å². The highest BCUT2D eigenvalue weighted by atomic mass is 35.5. The monoisotopic (exact) mass is 463 g/mol. The lowest BCUT2D eigenvalue weighted by Crippen LogP contribution is -2.21. The largest absolute Gasteiger partial charge is 0.396 e. The van der Waals surface area contributed by atoms with Gasteiger partial charge in [0, 0.05) is 32.2 Å². The maximum absolute atomic E-state index is 10.2. The maximum atomic E-state index is 10.2. The number of methoxy groups -OCH3 is 1. The summed E-state index contributed by atoms with van der Waals surface area (Å²) in [7, 11) is 1.65. The van der Waals surface area contributed by atoms with Crippen LogP contribution in [-0.2, 0) is 4.74 Å². The van der Waals surface area contributed by atoms with Crippen LogP contribution >= 0.6 is 22.9 Å². The molecule has 4 rings (SSSR count). The molecule has 0 unspecified atom stereocenters. The van der Waals surface area contributed by atoms with Gasteiger partial charge in [-0.15, -0.1) is 11.3 Å². The lowest BCUT2D eigenvalue weighted by atomic mass is 10.1. The zero-order valence-electron chi connectivity index (χ0n) is 17.4. The van der Waals surface area contributed by atoms with Crippen LogP contribution in [0.1, 0.15) is 19.8 Å². The number of aliphatic hydroxyl groups excluding tert-OH is 2. The summed E-state index contributed by atoms with van der Waals surface area (Å²) in [5, 5.41) is 27.3. The van der Waals surface area contributed by atoms with Gasteiger partial charge in [0.25, 0.3) is 0 Å². The third-order valence-corrected chi connectivity index (χ3v) is 6.88. The van der Waals surface area contributed by atoms with E-state index in [1.807, 2.05) is 31.2 Å². The van der Waals surface area contributed by atoms with Gasteiger partial charge in [0.2, 0.25) is 5.95 Å². The van der Waals surface area contributed by atoms with Crippen molar-refractivity contribution in [3.8, 4) is 10.6 Å². The van der Waals surface area contributed by atoms with Crippen LogP contribution in [0.2, 0.25) is 5.15 Å². The number of fused-ring (bicyclic) bond motifs is 1. The molecule has 8 nitrogen and oxygen atoms in total. The van der Waals surface area contributed by atoms with Crippen LogP contribution in [-0.4, -0.2) is 63.7 Å². The number of aliphatic hydroxyl groups is 2. The average molecular weight is 464 g/mol. The Morgan fingerprint density at radius 2 is 2.06 bits per heavy atom. The second kappa shape index (κ2) is 9.62. The molecule has 1 aliphatic carbocycles. The van der Waals surface area contributed by atoms with E-state index in [1.165, 1.54) is 11.3 Å². The van der Waals surface area contributed by atoms with Gasteiger partial charge in [-0.05, 0) is 31.9 Å². The number of halogens is 1. The highest BCUT2D eigenvalue weighted by molar-refractivity contribution is 7.21. The van der Waals surface area contributed by atoms with Crippen LogP contribution in [0.3, 0.4) is 0 Å². The summed E-state index contributed by atoms with van der Waals surface area (Å²) >= 11 is 8.16. The highest BCUT2D eigenvalue weighted by Crippen LogP contribution is 2.39. The fraction of sp³-hybridized carbons (Fsp3) is 0.476. The summed E-state index contributed by atoms with van der Waals surface area (Å²) in [6.07, 6.45) is 0.598. The zero-order chi connectivity index (χ0) is 22.0. The second-order valence-corrected chi connectivity index (χ2v) is 9.19. The van der Waals surface area contributed by atoms with Crippen molar-refractivity contribution in [3.05, 3.63) is 29.4 Å². The SMILES string of the molecule is CO[C@H](C)CNc1nc(Cl)c(-c2nc3ccccc3s2)c(N[C@@H]2C[C@H](CO)[C@@H](O)C2)n1. The smallest absolute Gasteiger partial charge is 0.226 e. The lowest BCUT2D eigenvalue weighted by Gasteiger charge is -2.18. The number of ether oxygens (including phenoxy) is 1. The van der Waals surface area contributed by atoms with E-state index >= 15 is 0 Å². The molecule has 1 saturated carbocycles. The number of nitrogens with one attached hydrogen (secondary N) is 2. The number of benzene rings is 1. The van der Waals surface area contributed by atoms with Gasteiger partial charge in [0.15, 0.2) is 0 Å². The summed E-state index contributed by atoms with van der Waals surface area (Å²) in [5.41, 5.74) is 1.52. The van der Waals surface area contributed by atoms with E-state index in [2.05, 4.69) is 20.6 Å². The molecular weight excluding hydrogens is 438 g/mol. The van der Waals surface area contributed by atoms with Crippen molar-refractivity contribution >= 4 is 44.9 Å². The van der Waals surface area contributed by atoms with Gasteiger partial charge in [0.1, 0.15) is 16.0 Å². The van der Waals surface area contributed by atoms with Crippen molar-refractivity contribution in [2.45, 2.75) is 38.0 Å². The first-order valence-electron chi connectivity index (χ1n) is 10.2. The fourth-order valence-corrected chi connectivity index (χ4v) is 5.04. The Bertz CT molecular complexity index is 1020. The van der Waals surface area contributed by atoms with Gasteiger partial charge in [0.05, 0.1) is 28.0 Å². The molecule has 0 spiro atoms. The van der Waals surface area contributed by atoms with Gasteiger partial charge in [-0.3, -0.25) is 0 Å². The van der Waals surface area contributed by atoms with Crippen LogP contribution in [0.15, 0.2) is 24.3 Å². The number of aromatic nitrogens is 3. The molecule has 1 aromatic carbocycles. The van der Waals surface area contributed by atoms with Gasteiger partial charge in [-0.1, -0.05) is 23.7 Å². The van der Waals surface area contributed by atoms with Crippen LogP contribution in [0.4, 0.5) is 11.8 Å². The first-order chi connectivity index (χ1) is 15.0. The molecule has 2 aromatic heterocycles. The Balaban J connectivity index is 1.70. The lowest BCUT2D eigenvalue weighted by molar-refractivity contribution is 0.0908. The van der Waals surface area contributed by atoms with Crippen LogP contribution in [0.5, 0.6) is 0 Å². The van der Waals surface area contributed by atoms with E-state index in [1.54, 1.807) is 7.11 Å². The minimum absolute atomic E-state index is 0.0157. The van der Waals surface area contributed by atoms with E-state index in [0.717, 1.165) is 15.2 Å². The normalized spacial score (nSPS) is 22.0. The van der Waals surface area contributed by atoms with Crippen molar-refractivity contribution in [1.29, 1.82) is 0 Å². The standard InChI is InChI=1S/C21H26ClN5O3S/c1-11(30-2)9-23-21-26-18(22)17(20-25-14-5-3-4-6-16(14)31-20)19(27-21)24-13-7-12(10-28)15(29)8-13/h3-6,11-13,15,28-29H,7-10H2,1-2H3,(H2,23,24,26,27)/t11-,12-,13-,15+/m1/s1.